The fourth-order valence-corrected chi connectivity index (χ4v) is 9.32. The quantitative estimate of drug-likeness (QED) is 0.175. The summed E-state index contributed by atoms with van der Waals surface area (Å²) in [6.45, 7) is 0. The monoisotopic (exact) mass is 768 g/mol. The number of hydrogen-bond donors (Lipinski definition) is 0. The Balaban J connectivity index is 1.07. The maximum Gasteiger partial charge on any atom is 0.220 e. The fourth-order valence-electron chi connectivity index (χ4n) is 9.32. The minimum atomic E-state index is 0.689. The number of para-hydroxylation sites is 6. The van der Waals surface area contributed by atoms with E-state index in [-0.39, 0.29) is 0 Å². The Morgan fingerprint density at radius 1 is 0.400 bits per heavy atom. The summed E-state index contributed by atoms with van der Waals surface area (Å²) >= 11 is 0. The Labute approximate surface area is 342 Å². The van der Waals surface area contributed by atoms with Crippen molar-refractivity contribution >= 4 is 71.6 Å². The van der Waals surface area contributed by atoms with Crippen LogP contribution in [0, 0.1) is 0 Å². The van der Waals surface area contributed by atoms with Gasteiger partial charge in [0.05, 0.1) is 61.2 Å². The average molecular weight is 769 g/mol. The van der Waals surface area contributed by atoms with Gasteiger partial charge in [-0.1, -0.05) is 133 Å². The third-order valence-electron chi connectivity index (χ3n) is 11.9. The van der Waals surface area contributed by atoms with Crippen molar-refractivity contribution in [3.05, 3.63) is 194 Å². The van der Waals surface area contributed by atoms with E-state index >= 15 is 0 Å². The van der Waals surface area contributed by atoms with E-state index in [4.69, 9.17) is 19.4 Å². The van der Waals surface area contributed by atoms with Crippen molar-refractivity contribution in [2.24, 2.45) is 0 Å². The molecule has 7 nitrogen and oxygen atoms in total. The van der Waals surface area contributed by atoms with Crippen molar-refractivity contribution in [3.63, 3.8) is 0 Å². The number of hydrogen-bond acceptors (Lipinski definition) is 4. The molecular formula is C53H32N6O. The topological polar surface area (TPSA) is 66.1 Å². The van der Waals surface area contributed by atoms with Crippen molar-refractivity contribution < 1.29 is 4.42 Å². The SMILES string of the molecule is c1ccc(-c2cc(-c3cccc4c3c3ccccc3n4-c3cccc4oc5c(-n6c7ccccc7n7c8ccccc8nc67)cccc5c34)nc(-c3ccccc3)n2)cc1. The van der Waals surface area contributed by atoms with Crippen molar-refractivity contribution in [1.29, 1.82) is 0 Å². The predicted molar refractivity (Wildman–Crippen MR) is 243 cm³/mol. The molecule has 0 N–H and O–H groups in total. The van der Waals surface area contributed by atoms with Gasteiger partial charge in [0.2, 0.25) is 5.78 Å². The molecule has 7 heteroatoms. The molecule has 0 aliphatic heterocycles. The van der Waals surface area contributed by atoms with Crippen LogP contribution in [0.1, 0.15) is 0 Å². The minimum absolute atomic E-state index is 0.689. The molecule has 0 saturated carbocycles. The number of imidazole rings is 2. The van der Waals surface area contributed by atoms with Crippen LogP contribution in [0.15, 0.2) is 199 Å². The van der Waals surface area contributed by atoms with E-state index in [1.54, 1.807) is 0 Å². The molecule has 60 heavy (non-hydrogen) atoms. The summed E-state index contributed by atoms with van der Waals surface area (Å²) in [6, 6.07) is 67.5. The smallest absolute Gasteiger partial charge is 0.220 e. The predicted octanol–water partition coefficient (Wildman–Crippen LogP) is 13.2. The average Bonchev–Trinajstić information content (AvgIpc) is 4.07. The first-order valence-electron chi connectivity index (χ1n) is 20.1. The molecule has 5 heterocycles. The molecule has 8 aromatic carbocycles. The number of benzene rings is 8. The van der Waals surface area contributed by atoms with E-state index in [1.165, 1.54) is 0 Å². The van der Waals surface area contributed by atoms with Crippen LogP contribution in [-0.2, 0) is 0 Å². The Kier molecular flexibility index (Phi) is 6.88. The third-order valence-corrected chi connectivity index (χ3v) is 11.9. The fraction of sp³-hybridized carbons (Fsp3) is 0. The highest BCUT2D eigenvalue weighted by molar-refractivity contribution is 6.18. The Hall–Kier alpha value is -8.29. The van der Waals surface area contributed by atoms with Crippen molar-refractivity contribution in [2.75, 3.05) is 0 Å². The summed E-state index contributed by atoms with van der Waals surface area (Å²) in [4.78, 5) is 15.5. The van der Waals surface area contributed by atoms with Crippen LogP contribution in [0.4, 0.5) is 0 Å². The summed E-state index contributed by atoms with van der Waals surface area (Å²) in [6.07, 6.45) is 0. The largest absolute Gasteiger partial charge is 0.454 e. The van der Waals surface area contributed by atoms with Gasteiger partial charge in [-0.3, -0.25) is 8.97 Å². The Morgan fingerprint density at radius 2 is 1.03 bits per heavy atom. The molecule has 0 saturated heterocycles. The van der Waals surface area contributed by atoms with Gasteiger partial charge in [-0.2, -0.15) is 0 Å². The summed E-state index contributed by atoms with van der Waals surface area (Å²) in [5, 5.41) is 4.34. The normalized spacial score (nSPS) is 12.0. The van der Waals surface area contributed by atoms with Gasteiger partial charge >= 0.3 is 0 Å². The third kappa shape index (κ3) is 4.68. The molecule has 0 atom stereocenters. The van der Waals surface area contributed by atoms with Crippen molar-refractivity contribution in [1.82, 2.24) is 28.5 Å². The van der Waals surface area contributed by atoms with E-state index < -0.39 is 0 Å². The van der Waals surface area contributed by atoms with Crippen LogP contribution >= 0.6 is 0 Å². The van der Waals surface area contributed by atoms with Gasteiger partial charge in [0.25, 0.3) is 0 Å². The first-order chi connectivity index (χ1) is 29.8. The molecule has 0 amide bonds. The van der Waals surface area contributed by atoms with Crippen LogP contribution < -0.4 is 0 Å². The first kappa shape index (κ1) is 32.8. The van der Waals surface area contributed by atoms with Gasteiger partial charge in [-0.15, -0.1) is 0 Å². The van der Waals surface area contributed by atoms with Crippen LogP contribution in [0.3, 0.4) is 0 Å². The van der Waals surface area contributed by atoms with Gasteiger partial charge in [0.1, 0.15) is 5.58 Å². The summed E-state index contributed by atoms with van der Waals surface area (Å²) < 4.78 is 13.8. The highest BCUT2D eigenvalue weighted by Crippen LogP contribution is 2.43. The maximum atomic E-state index is 6.96. The highest BCUT2D eigenvalue weighted by Gasteiger charge is 2.24. The zero-order valence-electron chi connectivity index (χ0n) is 32.1. The molecule has 13 aromatic rings. The molecule has 13 rings (SSSR count). The lowest BCUT2D eigenvalue weighted by atomic mass is 10.0. The van der Waals surface area contributed by atoms with E-state index in [0.29, 0.717) is 5.82 Å². The molecule has 5 aromatic heterocycles. The molecule has 0 aliphatic rings. The Morgan fingerprint density at radius 3 is 1.88 bits per heavy atom. The summed E-state index contributed by atoms with van der Waals surface area (Å²) in [5.74, 6) is 1.53. The molecule has 0 spiro atoms. The van der Waals surface area contributed by atoms with Crippen LogP contribution in [-0.4, -0.2) is 28.5 Å². The number of nitrogens with zero attached hydrogens (tertiary/aromatic N) is 6. The second-order valence-electron chi connectivity index (χ2n) is 15.2. The van der Waals surface area contributed by atoms with Gasteiger partial charge in [0.15, 0.2) is 11.4 Å². The number of furan rings is 1. The molecule has 280 valence electrons. The molecule has 0 unspecified atom stereocenters. The van der Waals surface area contributed by atoms with E-state index in [2.05, 4.69) is 177 Å². The van der Waals surface area contributed by atoms with Crippen LogP contribution in [0.2, 0.25) is 0 Å². The van der Waals surface area contributed by atoms with E-state index in [9.17, 15) is 0 Å². The standard InChI is InChI=1S/C53H32N6O/c1-3-16-33(17-4-1)39-32-40(55-52(54-39)34-18-5-2-6-19-34)35-21-13-28-45-49(35)36-20-7-9-24-41(36)57(45)46-29-15-31-48-50(46)37-22-14-30-47(51(37)60-48)59-44-27-12-11-26-43(44)58-42-25-10-8-23-38(42)56-53(58)59/h1-32H. The Bertz CT molecular complexity index is 3780. The maximum absolute atomic E-state index is 6.96. The molecule has 0 bridgehead atoms. The molecule has 0 aliphatic carbocycles. The second kappa shape index (κ2) is 12.6. The minimum Gasteiger partial charge on any atom is -0.454 e. The van der Waals surface area contributed by atoms with Crippen LogP contribution in [0.25, 0.3) is 117 Å². The van der Waals surface area contributed by atoms with Crippen molar-refractivity contribution in [2.45, 2.75) is 0 Å². The zero-order chi connectivity index (χ0) is 39.3. The zero-order valence-corrected chi connectivity index (χ0v) is 32.1. The summed E-state index contributed by atoms with van der Waals surface area (Å²) in [7, 11) is 0. The van der Waals surface area contributed by atoms with Crippen LogP contribution in [0.5, 0.6) is 0 Å². The van der Waals surface area contributed by atoms with Gasteiger partial charge in [-0.25, -0.2) is 15.0 Å². The van der Waals surface area contributed by atoms with Gasteiger partial charge in [0, 0.05) is 32.8 Å². The molecule has 0 fully saturated rings. The molecular weight excluding hydrogens is 737 g/mol. The lowest BCUT2D eigenvalue weighted by molar-refractivity contribution is 0.666. The van der Waals surface area contributed by atoms with Gasteiger partial charge < -0.3 is 8.98 Å². The number of aromatic nitrogens is 6. The number of rotatable bonds is 5. The van der Waals surface area contributed by atoms with E-state index in [1.807, 2.05) is 30.3 Å². The molecule has 0 radical (unpaired) electrons. The lowest BCUT2D eigenvalue weighted by Gasteiger charge is -2.12. The highest BCUT2D eigenvalue weighted by atomic mass is 16.3. The van der Waals surface area contributed by atoms with Gasteiger partial charge in [-0.05, 0) is 60.7 Å². The van der Waals surface area contributed by atoms with Crippen molar-refractivity contribution in [3.8, 4) is 45.3 Å². The number of fused-ring (bicyclic) bond motifs is 11. The second-order valence-corrected chi connectivity index (χ2v) is 15.2. The van der Waals surface area contributed by atoms with E-state index in [0.717, 1.165) is 111 Å². The first-order valence-corrected chi connectivity index (χ1v) is 20.1. The lowest BCUT2D eigenvalue weighted by Crippen LogP contribution is -1.97. The summed E-state index contributed by atoms with van der Waals surface area (Å²) in [5.41, 5.74) is 14.7.